The summed E-state index contributed by atoms with van der Waals surface area (Å²) in [6, 6.07) is 16.5. The molecule has 0 atom stereocenters. The Hall–Kier alpha value is -3.17. The number of hydrogen-bond donors (Lipinski definition) is 1. The smallest absolute Gasteiger partial charge is 0.262 e. The van der Waals surface area contributed by atoms with Gasteiger partial charge in [0.1, 0.15) is 11.3 Å². The Bertz CT molecular complexity index is 1400. The van der Waals surface area contributed by atoms with Gasteiger partial charge in [0.25, 0.3) is 10.0 Å². The predicted molar refractivity (Wildman–Crippen MR) is 118 cm³/mol. The molecule has 0 saturated heterocycles. The van der Waals surface area contributed by atoms with Crippen LogP contribution in [0.25, 0.3) is 11.0 Å². The molecule has 9 heteroatoms. The van der Waals surface area contributed by atoms with Crippen LogP contribution in [0.4, 0.5) is 10.1 Å². The van der Waals surface area contributed by atoms with Gasteiger partial charge in [-0.05, 0) is 54.6 Å². The van der Waals surface area contributed by atoms with E-state index < -0.39 is 21.6 Å². The normalized spacial score (nSPS) is 11.5. The highest BCUT2D eigenvalue weighted by Gasteiger charge is 2.26. The minimum absolute atomic E-state index is 0.0141. The molecular weight excluding hydrogens is 489 g/mol. The summed E-state index contributed by atoms with van der Waals surface area (Å²) in [5.41, 5.74) is 0.638. The van der Waals surface area contributed by atoms with Gasteiger partial charge in [0.15, 0.2) is 17.3 Å². The lowest BCUT2D eigenvalue weighted by Gasteiger charge is -2.10. The van der Waals surface area contributed by atoms with Crippen LogP contribution in [-0.2, 0) is 10.0 Å². The molecule has 1 aromatic heterocycles. The van der Waals surface area contributed by atoms with Crippen molar-refractivity contribution in [2.45, 2.75) is 4.90 Å². The first-order valence-electron chi connectivity index (χ1n) is 8.98. The fraction of sp³-hybridized carbons (Fsp3) is 0.0455. The van der Waals surface area contributed by atoms with E-state index in [0.717, 1.165) is 10.5 Å². The fourth-order valence-electron chi connectivity index (χ4n) is 3.05. The monoisotopic (exact) mass is 503 g/mol. The molecule has 0 fully saturated rings. The molecule has 4 aromatic rings. The second-order valence-corrected chi connectivity index (χ2v) is 9.14. The maximum Gasteiger partial charge on any atom is 0.262 e. The molecule has 6 nitrogen and oxygen atoms in total. The van der Waals surface area contributed by atoms with E-state index in [2.05, 4.69) is 20.7 Å². The Labute approximate surface area is 185 Å². The van der Waals surface area contributed by atoms with E-state index in [4.69, 9.17) is 9.15 Å². The minimum Gasteiger partial charge on any atom is -0.494 e. The van der Waals surface area contributed by atoms with Crippen molar-refractivity contribution in [3.8, 4) is 5.75 Å². The number of ketones is 1. The van der Waals surface area contributed by atoms with E-state index in [0.29, 0.717) is 16.5 Å². The van der Waals surface area contributed by atoms with Crippen LogP contribution in [-0.4, -0.2) is 21.3 Å². The van der Waals surface area contributed by atoms with Gasteiger partial charge in [0, 0.05) is 15.4 Å². The predicted octanol–water partition coefficient (Wildman–Crippen LogP) is 5.37. The number of carbonyl (C=O) groups is 1. The maximum atomic E-state index is 14.1. The third-order valence-corrected chi connectivity index (χ3v) is 6.45. The summed E-state index contributed by atoms with van der Waals surface area (Å²) in [6.45, 7) is 0. The molecule has 0 spiro atoms. The van der Waals surface area contributed by atoms with Gasteiger partial charge in [0.05, 0.1) is 12.0 Å². The summed E-state index contributed by atoms with van der Waals surface area (Å²) >= 11 is 3.31. The zero-order valence-electron chi connectivity index (χ0n) is 16.1. The van der Waals surface area contributed by atoms with Crippen molar-refractivity contribution in [3.05, 3.63) is 88.3 Å². The van der Waals surface area contributed by atoms with Crippen LogP contribution >= 0.6 is 15.9 Å². The van der Waals surface area contributed by atoms with Crippen LogP contribution < -0.4 is 9.46 Å². The van der Waals surface area contributed by atoms with E-state index in [1.54, 1.807) is 48.5 Å². The number of para-hydroxylation sites is 1. The van der Waals surface area contributed by atoms with Crippen molar-refractivity contribution in [2.75, 3.05) is 11.8 Å². The summed E-state index contributed by atoms with van der Waals surface area (Å²) < 4.78 is 53.7. The molecule has 0 saturated carbocycles. The Morgan fingerprint density at radius 1 is 1.06 bits per heavy atom. The molecule has 1 heterocycles. The number of rotatable bonds is 6. The molecule has 0 aliphatic heterocycles. The number of methoxy groups -OCH3 is 1. The van der Waals surface area contributed by atoms with Crippen LogP contribution in [0.5, 0.6) is 5.75 Å². The van der Waals surface area contributed by atoms with E-state index in [1.165, 1.54) is 19.2 Å². The third kappa shape index (κ3) is 4.06. The number of hydrogen-bond acceptors (Lipinski definition) is 5. The second kappa shape index (κ2) is 8.16. The number of benzene rings is 3. The standard InChI is InChI=1S/C22H15BrFNO5S/c1-29-19-11-10-15(12-17(19)24)31(27,28)25-20-16-4-2-3-5-18(16)30-22(20)21(26)13-6-8-14(23)9-7-13/h2-12,25H,1H3. The van der Waals surface area contributed by atoms with Crippen molar-refractivity contribution in [1.82, 2.24) is 0 Å². The number of anilines is 1. The maximum absolute atomic E-state index is 14.1. The summed E-state index contributed by atoms with van der Waals surface area (Å²) in [7, 11) is -2.95. The summed E-state index contributed by atoms with van der Waals surface area (Å²) in [6.07, 6.45) is 0. The molecule has 0 unspecified atom stereocenters. The first kappa shape index (κ1) is 21.1. The average Bonchev–Trinajstić information content (AvgIpc) is 3.11. The zero-order chi connectivity index (χ0) is 22.2. The van der Waals surface area contributed by atoms with Gasteiger partial charge < -0.3 is 9.15 Å². The Morgan fingerprint density at radius 2 is 1.77 bits per heavy atom. The number of ether oxygens (including phenoxy) is 1. The van der Waals surface area contributed by atoms with Crippen molar-refractivity contribution in [3.63, 3.8) is 0 Å². The van der Waals surface area contributed by atoms with Crippen molar-refractivity contribution >= 4 is 48.4 Å². The summed E-state index contributed by atoms with van der Waals surface area (Å²) in [5, 5.41) is 0.403. The second-order valence-electron chi connectivity index (χ2n) is 6.54. The first-order valence-corrected chi connectivity index (χ1v) is 11.3. The van der Waals surface area contributed by atoms with Gasteiger partial charge in [0.2, 0.25) is 5.78 Å². The Balaban J connectivity index is 1.81. The van der Waals surface area contributed by atoms with Gasteiger partial charge in [-0.2, -0.15) is 0 Å². The molecule has 0 amide bonds. The number of sulfonamides is 1. The highest BCUT2D eigenvalue weighted by atomic mass is 79.9. The third-order valence-electron chi connectivity index (χ3n) is 4.58. The highest BCUT2D eigenvalue weighted by molar-refractivity contribution is 9.10. The number of nitrogens with one attached hydrogen (secondary N) is 1. The molecular formula is C22H15BrFNO5S. The Morgan fingerprint density at radius 3 is 2.45 bits per heavy atom. The fourth-order valence-corrected chi connectivity index (χ4v) is 4.41. The number of carbonyl (C=O) groups excluding carboxylic acids is 1. The van der Waals surface area contributed by atoms with Gasteiger partial charge in [-0.1, -0.05) is 28.1 Å². The number of fused-ring (bicyclic) bond motifs is 1. The van der Waals surface area contributed by atoms with E-state index in [1.807, 2.05) is 0 Å². The summed E-state index contributed by atoms with van der Waals surface area (Å²) in [5.74, 6) is -1.57. The van der Waals surface area contributed by atoms with Crippen LogP contribution in [0.2, 0.25) is 0 Å². The van der Waals surface area contributed by atoms with Crippen LogP contribution in [0.3, 0.4) is 0 Å². The minimum atomic E-state index is -4.23. The molecule has 31 heavy (non-hydrogen) atoms. The molecule has 0 bridgehead atoms. The molecule has 4 rings (SSSR count). The Kier molecular flexibility index (Phi) is 5.55. The first-order chi connectivity index (χ1) is 14.8. The molecule has 0 radical (unpaired) electrons. The van der Waals surface area contributed by atoms with E-state index in [9.17, 15) is 17.6 Å². The molecule has 3 aromatic carbocycles. The lowest BCUT2D eigenvalue weighted by atomic mass is 10.1. The van der Waals surface area contributed by atoms with Gasteiger partial charge in [-0.3, -0.25) is 9.52 Å². The topological polar surface area (TPSA) is 85.6 Å². The van der Waals surface area contributed by atoms with Crippen LogP contribution in [0.15, 0.2) is 80.5 Å². The molecule has 1 N–H and O–H groups in total. The van der Waals surface area contributed by atoms with Crippen molar-refractivity contribution in [1.29, 1.82) is 0 Å². The van der Waals surface area contributed by atoms with E-state index >= 15 is 0 Å². The van der Waals surface area contributed by atoms with Crippen LogP contribution in [0.1, 0.15) is 16.1 Å². The van der Waals surface area contributed by atoms with E-state index in [-0.39, 0.29) is 22.1 Å². The SMILES string of the molecule is COc1ccc(S(=O)(=O)Nc2c(C(=O)c3ccc(Br)cc3)oc3ccccc23)cc1F. The number of halogens is 2. The van der Waals surface area contributed by atoms with Crippen LogP contribution in [0, 0.1) is 5.82 Å². The molecule has 0 aliphatic rings. The highest BCUT2D eigenvalue weighted by Crippen LogP contribution is 2.34. The summed E-state index contributed by atoms with van der Waals surface area (Å²) in [4.78, 5) is 12.8. The molecule has 158 valence electrons. The van der Waals surface area contributed by atoms with Gasteiger partial charge in [-0.15, -0.1) is 0 Å². The molecule has 0 aliphatic carbocycles. The number of furan rings is 1. The lowest BCUT2D eigenvalue weighted by Crippen LogP contribution is -2.15. The van der Waals surface area contributed by atoms with Crippen molar-refractivity contribution in [2.24, 2.45) is 0 Å². The zero-order valence-corrected chi connectivity index (χ0v) is 18.5. The van der Waals surface area contributed by atoms with Crippen molar-refractivity contribution < 1.29 is 26.8 Å². The lowest BCUT2D eigenvalue weighted by molar-refractivity contribution is 0.101. The quantitative estimate of drug-likeness (QED) is 0.357. The van der Waals surface area contributed by atoms with Gasteiger partial charge in [-0.25, -0.2) is 12.8 Å². The van der Waals surface area contributed by atoms with Gasteiger partial charge >= 0.3 is 0 Å². The average molecular weight is 504 g/mol. The largest absolute Gasteiger partial charge is 0.494 e.